The number of benzene rings is 2. The molecule has 126 valence electrons. The molecule has 0 aromatic heterocycles. The Morgan fingerprint density at radius 3 is 2.46 bits per heavy atom. The molecule has 0 aliphatic carbocycles. The Bertz CT molecular complexity index is 669. The number of hydrogen-bond donors (Lipinski definition) is 1. The molecular formula is C20H23NO3. The topological polar surface area (TPSA) is 61.6 Å². The van der Waals surface area contributed by atoms with Crippen molar-refractivity contribution in [2.45, 2.75) is 38.5 Å². The third-order valence-electron chi connectivity index (χ3n) is 4.38. The number of esters is 1. The van der Waals surface area contributed by atoms with Crippen LogP contribution in [0.15, 0.2) is 54.6 Å². The Morgan fingerprint density at radius 2 is 1.83 bits per heavy atom. The number of nitrogens with two attached hydrogens (primary N) is 1. The van der Waals surface area contributed by atoms with Crippen LogP contribution >= 0.6 is 0 Å². The molecule has 4 nitrogen and oxygen atoms in total. The first-order valence-electron chi connectivity index (χ1n) is 8.33. The van der Waals surface area contributed by atoms with Gasteiger partial charge >= 0.3 is 5.97 Å². The molecule has 3 rings (SSSR count). The molecule has 1 heterocycles. The summed E-state index contributed by atoms with van der Waals surface area (Å²) in [5, 5.41) is 0. The van der Waals surface area contributed by atoms with E-state index in [1.165, 1.54) is 0 Å². The van der Waals surface area contributed by atoms with Gasteiger partial charge in [-0.2, -0.15) is 0 Å². The zero-order valence-electron chi connectivity index (χ0n) is 13.9. The molecule has 0 radical (unpaired) electrons. The highest BCUT2D eigenvalue weighted by molar-refractivity contribution is 5.74. The highest BCUT2D eigenvalue weighted by Crippen LogP contribution is 2.24. The third kappa shape index (κ3) is 4.15. The van der Waals surface area contributed by atoms with Crippen LogP contribution in [-0.2, 0) is 22.6 Å². The van der Waals surface area contributed by atoms with Crippen molar-refractivity contribution in [3.63, 3.8) is 0 Å². The first-order chi connectivity index (χ1) is 11.6. The first-order valence-corrected chi connectivity index (χ1v) is 8.33. The number of hydrogen-bond acceptors (Lipinski definition) is 4. The molecule has 1 saturated heterocycles. The van der Waals surface area contributed by atoms with Gasteiger partial charge in [0.2, 0.25) is 0 Å². The summed E-state index contributed by atoms with van der Waals surface area (Å²) in [5.74, 6) is 0.645. The maximum Gasteiger partial charge on any atom is 0.309 e. The van der Waals surface area contributed by atoms with Crippen molar-refractivity contribution in [1.82, 2.24) is 0 Å². The lowest BCUT2D eigenvalue weighted by atomic mass is 9.97. The largest absolute Gasteiger partial charge is 0.489 e. The zero-order chi connectivity index (χ0) is 16.9. The standard InChI is InChI=1S/C20H23NO3/c1-14-11-19(24-20(14)22)18(21)12-15-7-9-17(10-8-15)23-13-16-5-3-2-4-6-16/h2-10,14,18-19H,11-13,21H2,1H3/t14-,18+,19+/m1/s1. The quantitative estimate of drug-likeness (QED) is 0.829. The van der Waals surface area contributed by atoms with E-state index in [-0.39, 0.29) is 24.0 Å². The lowest BCUT2D eigenvalue weighted by molar-refractivity contribution is -0.144. The number of carbonyl (C=O) groups excluding carboxylic acids is 1. The smallest absolute Gasteiger partial charge is 0.309 e. The number of carbonyl (C=O) groups is 1. The van der Waals surface area contributed by atoms with Crippen LogP contribution in [0, 0.1) is 5.92 Å². The van der Waals surface area contributed by atoms with Gasteiger partial charge in [0, 0.05) is 6.04 Å². The van der Waals surface area contributed by atoms with Crippen LogP contribution < -0.4 is 10.5 Å². The van der Waals surface area contributed by atoms with Gasteiger partial charge in [-0.05, 0) is 36.1 Å². The molecule has 1 aliphatic rings. The second-order valence-corrected chi connectivity index (χ2v) is 6.40. The SMILES string of the molecule is C[C@@H]1C[C@@H]([C@@H](N)Cc2ccc(OCc3ccccc3)cc2)OC1=O. The number of cyclic esters (lactones) is 1. The highest BCUT2D eigenvalue weighted by atomic mass is 16.6. The van der Waals surface area contributed by atoms with E-state index in [0.717, 1.165) is 16.9 Å². The van der Waals surface area contributed by atoms with E-state index in [0.29, 0.717) is 19.4 Å². The zero-order valence-corrected chi connectivity index (χ0v) is 13.9. The van der Waals surface area contributed by atoms with Crippen molar-refractivity contribution >= 4 is 5.97 Å². The molecule has 2 aromatic rings. The Kier molecular flexibility index (Phi) is 5.16. The van der Waals surface area contributed by atoms with Crippen LogP contribution in [0.25, 0.3) is 0 Å². The van der Waals surface area contributed by atoms with Crippen LogP contribution in [0.3, 0.4) is 0 Å². The fraction of sp³-hybridized carbons (Fsp3) is 0.350. The molecule has 24 heavy (non-hydrogen) atoms. The normalized spacial score (nSPS) is 21.3. The maximum absolute atomic E-state index is 11.5. The molecule has 0 saturated carbocycles. The highest BCUT2D eigenvalue weighted by Gasteiger charge is 2.34. The average Bonchev–Trinajstić information content (AvgIpc) is 2.94. The minimum Gasteiger partial charge on any atom is -0.489 e. The van der Waals surface area contributed by atoms with Gasteiger partial charge < -0.3 is 15.2 Å². The summed E-state index contributed by atoms with van der Waals surface area (Å²) >= 11 is 0. The van der Waals surface area contributed by atoms with E-state index in [2.05, 4.69) is 0 Å². The van der Waals surface area contributed by atoms with Gasteiger partial charge in [0.05, 0.1) is 5.92 Å². The van der Waals surface area contributed by atoms with Crippen molar-refractivity contribution in [2.75, 3.05) is 0 Å². The summed E-state index contributed by atoms with van der Waals surface area (Å²) in [4.78, 5) is 11.5. The summed E-state index contributed by atoms with van der Waals surface area (Å²) in [7, 11) is 0. The molecule has 0 amide bonds. The Morgan fingerprint density at radius 1 is 1.12 bits per heavy atom. The molecule has 0 unspecified atom stereocenters. The molecule has 2 N–H and O–H groups in total. The van der Waals surface area contributed by atoms with Crippen molar-refractivity contribution in [3.05, 3.63) is 65.7 Å². The predicted octanol–water partition coefficient (Wildman–Crippen LogP) is 3.09. The summed E-state index contributed by atoms with van der Waals surface area (Å²) in [6, 6.07) is 17.8. The summed E-state index contributed by atoms with van der Waals surface area (Å²) in [6.07, 6.45) is 1.21. The van der Waals surface area contributed by atoms with Crippen LogP contribution in [0.1, 0.15) is 24.5 Å². The third-order valence-corrected chi connectivity index (χ3v) is 4.38. The second-order valence-electron chi connectivity index (χ2n) is 6.40. The van der Waals surface area contributed by atoms with Crippen LogP contribution in [0.4, 0.5) is 0 Å². The van der Waals surface area contributed by atoms with Crippen LogP contribution in [0.2, 0.25) is 0 Å². The van der Waals surface area contributed by atoms with Gasteiger partial charge in [-0.1, -0.05) is 49.4 Å². The van der Waals surface area contributed by atoms with Gasteiger partial charge in [-0.25, -0.2) is 0 Å². The summed E-state index contributed by atoms with van der Waals surface area (Å²) in [5.41, 5.74) is 8.46. The average molecular weight is 325 g/mol. The molecule has 1 aliphatic heterocycles. The van der Waals surface area contributed by atoms with Gasteiger partial charge in [0.25, 0.3) is 0 Å². The number of rotatable bonds is 6. The molecule has 2 aromatic carbocycles. The Hall–Kier alpha value is -2.33. The lowest BCUT2D eigenvalue weighted by Gasteiger charge is -2.18. The predicted molar refractivity (Wildman–Crippen MR) is 92.6 cm³/mol. The summed E-state index contributed by atoms with van der Waals surface area (Å²) in [6.45, 7) is 2.43. The Labute approximate surface area is 142 Å². The minimum atomic E-state index is -0.179. The van der Waals surface area contributed by atoms with Crippen LogP contribution in [0.5, 0.6) is 5.75 Å². The van der Waals surface area contributed by atoms with E-state index in [9.17, 15) is 4.79 Å². The fourth-order valence-electron chi connectivity index (χ4n) is 2.89. The van der Waals surface area contributed by atoms with Gasteiger partial charge in [0.1, 0.15) is 18.5 Å². The van der Waals surface area contributed by atoms with E-state index < -0.39 is 0 Å². The van der Waals surface area contributed by atoms with Gasteiger partial charge in [-0.15, -0.1) is 0 Å². The second kappa shape index (κ2) is 7.49. The molecule has 1 fully saturated rings. The number of ether oxygens (including phenoxy) is 2. The van der Waals surface area contributed by atoms with E-state index in [1.807, 2.05) is 61.5 Å². The van der Waals surface area contributed by atoms with E-state index in [4.69, 9.17) is 15.2 Å². The van der Waals surface area contributed by atoms with Crippen LogP contribution in [-0.4, -0.2) is 18.1 Å². The minimum absolute atomic E-state index is 0.0465. The lowest BCUT2D eigenvalue weighted by Crippen LogP contribution is -2.36. The molecule has 3 atom stereocenters. The van der Waals surface area contributed by atoms with Crippen molar-refractivity contribution in [3.8, 4) is 5.75 Å². The first kappa shape index (κ1) is 16.5. The fourth-order valence-corrected chi connectivity index (χ4v) is 2.89. The Balaban J connectivity index is 1.52. The molecule has 4 heteroatoms. The van der Waals surface area contributed by atoms with Crippen molar-refractivity contribution < 1.29 is 14.3 Å². The maximum atomic E-state index is 11.5. The van der Waals surface area contributed by atoms with E-state index in [1.54, 1.807) is 0 Å². The van der Waals surface area contributed by atoms with Crippen molar-refractivity contribution in [1.29, 1.82) is 0 Å². The van der Waals surface area contributed by atoms with Gasteiger partial charge in [0.15, 0.2) is 0 Å². The monoisotopic (exact) mass is 325 g/mol. The summed E-state index contributed by atoms with van der Waals surface area (Å²) < 4.78 is 11.1. The van der Waals surface area contributed by atoms with Gasteiger partial charge in [-0.3, -0.25) is 4.79 Å². The molecular weight excluding hydrogens is 302 g/mol. The van der Waals surface area contributed by atoms with Crippen molar-refractivity contribution in [2.24, 2.45) is 11.7 Å². The molecule has 0 spiro atoms. The van der Waals surface area contributed by atoms with E-state index >= 15 is 0 Å². The molecule has 0 bridgehead atoms.